The molecule has 1 fully saturated rings. The van der Waals surface area contributed by atoms with Gasteiger partial charge in [0.2, 0.25) is 5.91 Å². The van der Waals surface area contributed by atoms with Crippen LogP contribution in [0.3, 0.4) is 0 Å². The lowest BCUT2D eigenvalue weighted by molar-refractivity contribution is -0.132. The van der Waals surface area contributed by atoms with Crippen LogP contribution in [0, 0.1) is 12.8 Å². The van der Waals surface area contributed by atoms with E-state index >= 15 is 0 Å². The molecule has 3 rings (SSSR count). The predicted molar refractivity (Wildman–Crippen MR) is 115 cm³/mol. The monoisotopic (exact) mass is 398 g/mol. The fourth-order valence-electron chi connectivity index (χ4n) is 3.69. The van der Waals surface area contributed by atoms with E-state index in [9.17, 15) is 9.59 Å². The second kappa shape index (κ2) is 10.4. The molecule has 0 atom stereocenters. The number of nitrogens with zero attached hydrogens (tertiary/aromatic N) is 1. The molecule has 2 amide bonds. The molecule has 1 aliphatic rings. The Bertz CT molecular complexity index is 747. The molecule has 1 saturated heterocycles. The third-order valence-electron chi connectivity index (χ3n) is 5.53. The van der Waals surface area contributed by atoms with E-state index in [2.05, 4.69) is 36.5 Å². The number of likely N-dealkylation sites (tertiary alicyclic amines) is 1. The Morgan fingerprint density at radius 3 is 2.57 bits per heavy atom. The molecule has 1 aromatic heterocycles. The Morgan fingerprint density at radius 2 is 1.89 bits per heavy atom. The first-order chi connectivity index (χ1) is 13.6. The normalized spacial score (nSPS) is 14.8. The van der Waals surface area contributed by atoms with Crippen molar-refractivity contribution >= 4 is 23.2 Å². The van der Waals surface area contributed by atoms with Crippen molar-refractivity contribution in [1.82, 2.24) is 10.2 Å². The van der Waals surface area contributed by atoms with Crippen LogP contribution in [0.25, 0.3) is 0 Å². The van der Waals surface area contributed by atoms with Crippen LogP contribution in [0.15, 0.2) is 41.8 Å². The Balaban J connectivity index is 1.29. The summed E-state index contributed by atoms with van der Waals surface area (Å²) in [6.45, 7) is 4.42. The van der Waals surface area contributed by atoms with Crippen LogP contribution in [0.1, 0.15) is 52.9 Å². The number of thiophene rings is 1. The molecule has 0 spiro atoms. The van der Waals surface area contributed by atoms with Crippen molar-refractivity contribution in [3.8, 4) is 0 Å². The molecule has 0 aliphatic carbocycles. The second-order valence-electron chi connectivity index (χ2n) is 7.69. The van der Waals surface area contributed by atoms with Crippen LogP contribution in [0.4, 0.5) is 0 Å². The number of nitrogens with one attached hydrogen (secondary N) is 1. The van der Waals surface area contributed by atoms with Gasteiger partial charge in [-0.1, -0.05) is 35.9 Å². The number of hydrogen-bond acceptors (Lipinski definition) is 3. The van der Waals surface area contributed by atoms with Crippen molar-refractivity contribution in [3.63, 3.8) is 0 Å². The van der Waals surface area contributed by atoms with Crippen molar-refractivity contribution in [2.24, 2.45) is 5.92 Å². The number of hydrogen-bond donors (Lipinski definition) is 1. The Hall–Kier alpha value is -2.14. The standard InChI is InChI=1S/C23H30N2O2S/c1-18-6-8-19(9-7-18)10-11-20-12-15-25(16-13-20)22(26)5-2-14-24-23(27)21-4-3-17-28-21/h3-4,6-9,17,20H,2,5,10-16H2,1H3,(H,24,27). The highest BCUT2D eigenvalue weighted by Crippen LogP contribution is 2.23. The molecule has 1 N–H and O–H groups in total. The molecule has 0 saturated carbocycles. The molecule has 0 radical (unpaired) electrons. The SMILES string of the molecule is Cc1ccc(CCC2CCN(C(=O)CCCNC(=O)c3cccs3)CC2)cc1. The van der Waals surface area contributed by atoms with E-state index in [0.717, 1.165) is 43.1 Å². The molecule has 0 bridgehead atoms. The summed E-state index contributed by atoms with van der Waals surface area (Å²) in [5.41, 5.74) is 2.72. The number of carbonyl (C=O) groups excluding carboxylic acids is 2. The summed E-state index contributed by atoms with van der Waals surface area (Å²) in [6, 6.07) is 12.5. The molecule has 150 valence electrons. The van der Waals surface area contributed by atoms with Crippen molar-refractivity contribution in [2.75, 3.05) is 19.6 Å². The topological polar surface area (TPSA) is 49.4 Å². The maximum absolute atomic E-state index is 12.4. The van der Waals surface area contributed by atoms with E-state index in [1.807, 2.05) is 22.4 Å². The number of piperidine rings is 1. The van der Waals surface area contributed by atoms with Gasteiger partial charge in [0, 0.05) is 26.1 Å². The molecule has 5 heteroatoms. The highest BCUT2D eigenvalue weighted by atomic mass is 32.1. The van der Waals surface area contributed by atoms with E-state index in [4.69, 9.17) is 0 Å². The first-order valence-corrected chi connectivity index (χ1v) is 11.1. The molecule has 1 aromatic carbocycles. The van der Waals surface area contributed by atoms with E-state index in [0.29, 0.717) is 19.4 Å². The maximum atomic E-state index is 12.4. The average Bonchev–Trinajstić information content (AvgIpc) is 3.26. The van der Waals surface area contributed by atoms with Crippen molar-refractivity contribution in [2.45, 2.75) is 45.4 Å². The molecule has 28 heavy (non-hydrogen) atoms. The van der Waals surface area contributed by atoms with Gasteiger partial charge in [-0.15, -0.1) is 11.3 Å². The number of benzene rings is 1. The van der Waals surface area contributed by atoms with E-state index in [-0.39, 0.29) is 11.8 Å². The molecular formula is C23H30N2O2S. The largest absolute Gasteiger partial charge is 0.351 e. The average molecular weight is 399 g/mol. The van der Waals surface area contributed by atoms with Crippen molar-refractivity contribution < 1.29 is 9.59 Å². The smallest absolute Gasteiger partial charge is 0.261 e. The van der Waals surface area contributed by atoms with Gasteiger partial charge < -0.3 is 10.2 Å². The number of rotatable bonds is 8. The third kappa shape index (κ3) is 6.20. The summed E-state index contributed by atoms with van der Waals surface area (Å²) in [7, 11) is 0. The summed E-state index contributed by atoms with van der Waals surface area (Å²) in [5.74, 6) is 0.898. The number of amides is 2. The Labute approximate surface area is 172 Å². The van der Waals surface area contributed by atoms with Gasteiger partial charge in [0.1, 0.15) is 0 Å². The van der Waals surface area contributed by atoms with Gasteiger partial charge in [-0.2, -0.15) is 0 Å². The van der Waals surface area contributed by atoms with Gasteiger partial charge in [0.15, 0.2) is 0 Å². The molecule has 1 aliphatic heterocycles. The third-order valence-corrected chi connectivity index (χ3v) is 6.40. The highest BCUT2D eigenvalue weighted by Gasteiger charge is 2.22. The van der Waals surface area contributed by atoms with Crippen LogP contribution < -0.4 is 5.32 Å². The van der Waals surface area contributed by atoms with Gasteiger partial charge in [0.05, 0.1) is 4.88 Å². The second-order valence-corrected chi connectivity index (χ2v) is 8.63. The van der Waals surface area contributed by atoms with Gasteiger partial charge >= 0.3 is 0 Å². The zero-order valence-corrected chi connectivity index (χ0v) is 17.5. The molecule has 0 unspecified atom stereocenters. The van der Waals surface area contributed by atoms with Crippen LogP contribution in [0.2, 0.25) is 0 Å². The van der Waals surface area contributed by atoms with E-state index in [1.54, 1.807) is 0 Å². The van der Waals surface area contributed by atoms with Gasteiger partial charge in [-0.25, -0.2) is 0 Å². The quantitative estimate of drug-likeness (QED) is 0.669. The molecule has 2 heterocycles. The van der Waals surface area contributed by atoms with Crippen LogP contribution in [0.5, 0.6) is 0 Å². The summed E-state index contributed by atoms with van der Waals surface area (Å²) >= 11 is 1.43. The predicted octanol–water partition coefficient (Wildman–Crippen LogP) is 4.44. The van der Waals surface area contributed by atoms with Gasteiger partial charge in [0.25, 0.3) is 5.91 Å². The first-order valence-electron chi connectivity index (χ1n) is 10.3. The summed E-state index contributed by atoms with van der Waals surface area (Å²) in [5, 5.41) is 4.78. The highest BCUT2D eigenvalue weighted by molar-refractivity contribution is 7.12. The molecule has 4 nitrogen and oxygen atoms in total. The number of aryl methyl sites for hydroxylation is 2. The maximum Gasteiger partial charge on any atom is 0.261 e. The lowest BCUT2D eigenvalue weighted by Crippen LogP contribution is -2.38. The van der Waals surface area contributed by atoms with Crippen LogP contribution >= 0.6 is 11.3 Å². The summed E-state index contributed by atoms with van der Waals surface area (Å²) in [4.78, 5) is 27.0. The molecular weight excluding hydrogens is 368 g/mol. The number of carbonyl (C=O) groups is 2. The fourth-order valence-corrected chi connectivity index (χ4v) is 4.33. The van der Waals surface area contributed by atoms with E-state index < -0.39 is 0 Å². The lowest BCUT2D eigenvalue weighted by atomic mass is 9.90. The summed E-state index contributed by atoms with van der Waals surface area (Å²) < 4.78 is 0. The Morgan fingerprint density at radius 1 is 1.14 bits per heavy atom. The Kier molecular flexibility index (Phi) is 7.66. The van der Waals surface area contributed by atoms with Gasteiger partial charge in [-0.3, -0.25) is 9.59 Å². The minimum absolute atomic E-state index is 0.0446. The van der Waals surface area contributed by atoms with Gasteiger partial charge in [-0.05, 0) is 62.0 Å². The molecule has 2 aromatic rings. The van der Waals surface area contributed by atoms with Crippen LogP contribution in [-0.2, 0) is 11.2 Å². The zero-order chi connectivity index (χ0) is 19.8. The minimum atomic E-state index is -0.0446. The van der Waals surface area contributed by atoms with Crippen molar-refractivity contribution in [3.05, 3.63) is 57.8 Å². The van der Waals surface area contributed by atoms with Crippen LogP contribution in [-0.4, -0.2) is 36.3 Å². The fraction of sp³-hybridized carbons (Fsp3) is 0.478. The first kappa shape index (κ1) is 20.6. The zero-order valence-electron chi connectivity index (χ0n) is 16.7. The van der Waals surface area contributed by atoms with Crippen molar-refractivity contribution in [1.29, 1.82) is 0 Å². The summed E-state index contributed by atoms with van der Waals surface area (Å²) in [6.07, 6.45) is 5.75. The minimum Gasteiger partial charge on any atom is -0.351 e. The lowest BCUT2D eigenvalue weighted by Gasteiger charge is -2.32. The van der Waals surface area contributed by atoms with E-state index in [1.165, 1.54) is 28.9 Å².